The molecule has 0 saturated carbocycles. The first kappa shape index (κ1) is 25.7. The Morgan fingerprint density at radius 1 is 1.17 bits per heavy atom. The molecule has 0 aliphatic carbocycles. The molecule has 1 aliphatic heterocycles. The highest BCUT2D eigenvalue weighted by molar-refractivity contribution is 6.00. The van der Waals surface area contributed by atoms with E-state index in [1.165, 1.54) is 12.1 Å². The normalized spacial score (nSPS) is 14.9. The van der Waals surface area contributed by atoms with E-state index in [-0.39, 0.29) is 23.3 Å². The molecule has 0 unspecified atom stereocenters. The van der Waals surface area contributed by atoms with Crippen molar-refractivity contribution < 1.29 is 27.5 Å². The molecule has 0 atom stereocenters. The van der Waals surface area contributed by atoms with Gasteiger partial charge in [-0.05, 0) is 61.6 Å². The number of piperidine rings is 1. The second-order valence-corrected chi connectivity index (χ2v) is 9.08. The van der Waals surface area contributed by atoms with Crippen molar-refractivity contribution in [3.05, 3.63) is 64.8 Å². The molecule has 1 aliphatic rings. The number of amides is 2. The van der Waals surface area contributed by atoms with Crippen LogP contribution in [0.25, 0.3) is 10.9 Å². The minimum Gasteiger partial charge on any atom is -0.383 e. The molecule has 1 N–H and O–H groups in total. The van der Waals surface area contributed by atoms with Gasteiger partial charge in [-0.3, -0.25) is 14.3 Å². The summed E-state index contributed by atoms with van der Waals surface area (Å²) >= 11 is 0. The summed E-state index contributed by atoms with van der Waals surface area (Å²) in [5, 5.41) is 8.40. The van der Waals surface area contributed by atoms with E-state index in [1.807, 2.05) is 23.9 Å². The number of aryl methyl sites for hydroxylation is 1. The topological polar surface area (TPSA) is 76.5 Å². The summed E-state index contributed by atoms with van der Waals surface area (Å²) in [4.78, 5) is 26.9. The van der Waals surface area contributed by atoms with Crippen LogP contribution in [0.15, 0.2) is 42.6 Å². The summed E-state index contributed by atoms with van der Waals surface area (Å²) < 4.78 is 45.8. The van der Waals surface area contributed by atoms with Gasteiger partial charge in [-0.1, -0.05) is 6.07 Å². The van der Waals surface area contributed by atoms with Crippen LogP contribution in [0.4, 0.5) is 13.2 Å². The van der Waals surface area contributed by atoms with Crippen molar-refractivity contribution in [2.45, 2.75) is 32.5 Å². The maximum Gasteiger partial charge on any atom is 0.416 e. The summed E-state index contributed by atoms with van der Waals surface area (Å²) in [5.74, 6) is -0.254. The third kappa shape index (κ3) is 5.70. The van der Waals surface area contributed by atoms with Crippen LogP contribution in [0.5, 0.6) is 0 Å². The molecule has 1 fully saturated rings. The molecule has 2 heterocycles. The van der Waals surface area contributed by atoms with Crippen LogP contribution in [-0.4, -0.2) is 59.8 Å². The highest BCUT2D eigenvalue weighted by Gasteiger charge is 2.32. The Hall–Kier alpha value is -3.40. The van der Waals surface area contributed by atoms with Crippen LogP contribution in [0.2, 0.25) is 0 Å². The summed E-state index contributed by atoms with van der Waals surface area (Å²) in [6.07, 6.45) is -1.08. The fraction of sp³-hybridized carbons (Fsp3) is 0.423. The van der Waals surface area contributed by atoms with Crippen molar-refractivity contribution >= 4 is 22.7 Å². The van der Waals surface area contributed by atoms with Gasteiger partial charge in [-0.2, -0.15) is 18.3 Å². The van der Waals surface area contributed by atoms with Gasteiger partial charge in [0, 0.05) is 56.0 Å². The van der Waals surface area contributed by atoms with Crippen molar-refractivity contribution in [1.82, 2.24) is 20.0 Å². The molecule has 0 spiro atoms. The van der Waals surface area contributed by atoms with Gasteiger partial charge in [0.25, 0.3) is 11.8 Å². The standard InChI is InChI=1S/C26H29F3N4O3/c1-17-21(24(34)30-10-13-36-2)6-7-23-22(17)16-33(31-23)15-18-8-11-32(12-9-18)25(35)19-4-3-5-20(14-19)26(27,28)29/h3-7,14,16,18H,8-13,15H2,1-2H3,(H,30,34). The second kappa shape index (κ2) is 10.7. The molecule has 1 saturated heterocycles. The van der Waals surface area contributed by atoms with Gasteiger partial charge >= 0.3 is 6.18 Å². The molecule has 192 valence electrons. The molecule has 0 radical (unpaired) electrons. The molecule has 2 amide bonds. The van der Waals surface area contributed by atoms with E-state index in [0.717, 1.165) is 41.4 Å². The van der Waals surface area contributed by atoms with Crippen LogP contribution in [0, 0.1) is 12.8 Å². The number of carbonyl (C=O) groups is 2. The van der Waals surface area contributed by atoms with Gasteiger partial charge in [-0.15, -0.1) is 0 Å². The fourth-order valence-corrected chi connectivity index (χ4v) is 4.58. The Morgan fingerprint density at radius 2 is 1.92 bits per heavy atom. The number of fused-ring (bicyclic) bond motifs is 1. The number of aromatic nitrogens is 2. The number of alkyl halides is 3. The second-order valence-electron chi connectivity index (χ2n) is 9.08. The molecule has 0 bridgehead atoms. The zero-order valence-electron chi connectivity index (χ0n) is 20.3. The summed E-state index contributed by atoms with van der Waals surface area (Å²) in [6.45, 7) is 4.39. The van der Waals surface area contributed by atoms with Crippen LogP contribution >= 0.6 is 0 Å². The number of hydrogen-bond donors (Lipinski definition) is 1. The smallest absolute Gasteiger partial charge is 0.383 e. The Balaban J connectivity index is 1.37. The first-order chi connectivity index (χ1) is 17.2. The first-order valence-electron chi connectivity index (χ1n) is 11.9. The van der Waals surface area contributed by atoms with Crippen molar-refractivity contribution in [2.24, 2.45) is 5.92 Å². The molecular weight excluding hydrogens is 473 g/mol. The predicted octanol–water partition coefficient (Wildman–Crippen LogP) is 4.29. The summed E-state index contributed by atoms with van der Waals surface area (Å²) in [6, 6.07) is 8.18. The van der Waals surface area contributed by atoms with Crippen molar-refractivity contribution in [1.29, 1.82) is 0 Å². The molecule has 1 aromatic heterocycles. The number of carbonyl (C=O) groups excluding carboxylic acids is 2. The van der Waals surface area contributed by atoms with Gasteiger partial charge in [0.05, 0.1) is 17.7 Å². The van der Waals surface area contributed by atoms with E-state index in [4.69, 9.17) is 4.74 Å². The lowest BCUT2D eigenvalue weighted by atomic mass is 9.96. The highest BCUT2D eigenvalue weighted by Crippen LogP contribution is 2.30. The summed E-state index contributed by atoms with van der Waals surface area (Å²) in [7, 11) is 1.58. The predicted molar refractivity (Wildman–Crippen MR) is 129 cm³/mol. The Kier molecular flexibility index (Phi) is 7.63. The number of methoxy groups -OCH3 is 1. The van der Waals surface area contributed by atoms with Gasteiger partial charge in [0.1, 0.15) is 0 Å². The molecular formula is C26H29F3N4O3. The van der Waals surface area contributed by atoms with E-state index < -0.39 is 11.7 Å². The van der Waals surface area contributed by atoms with Gasteiger partial charge in [-0.25, -0.2) is 0 Å². The lowest BCUT2D eigenvalue weighted by Crippen LogP contribution is -2.39. The largest absolute Gasteiger partial charge is 0.416 e. The van der Waals surface area contributed by atoms with Crippen LogP contribution in [-0.2, 0) is 17.5 Å². The number of rotatable bonds is 7. The molecule has 36 heavy (non-hydrogen) atoms. The van der Waals surface area contributed by atoms with Crippen molar-refractivity contribution in [3.63, 3.8) is 0 Å². The van der Waals surface area contributed by atoms with E-state index >= 15 is 0 Å². The highest BCUT2D eigenvalue weighted by atomic mass is 19.4. The van der Waals surface area contributed by atoms with Crippen LogP contribution in [0.3, 0.4) is 0 Å². The number of likely N-dealkylation sites (tertiary alicyclic amines) is 1. The van der Waals surface area contributed by atoms with E-state index in [2.05, 4.69) is 10.4 Å². The maximum absolute atomic E-state index is 13.0. The molecule has 7 nitrogen and oxygen atoms in total. The van der Waals surface area contributed by atoms with Crippen LogP contribution < -0.4 is 5.32 Å². The maximum atomic E-state index is 13.0. The van der Waals surface area contributed by atoms with Crippen molar-refractivity contribution in [2.75, 3.05) is 33.4 Å². The number of benzene rings is 2. The Labute approximate surface area is 207 Å². The SMILES string of the molecule is COCCNC(=O)c1ccc2nn(CC3CCN(C(=O)c4cccc(C(F)(F)F)c4)CC3)cc2c1C. The average molecular weight is 503 g/mol. The van der Waals surface area contributed by atoms with Gasteiger partial charge in [0.15, 0.2) is 0 Å². The molecule has 10 heteroatoms. The third-order valence-corrected chi connectivity index (χ3v) is 6.63. The Bertz CT molecular complexity index is 1250. The molecule has 4 rings (SSSR count). The van der Waals surface area contributed by atoms with E-state index in [0.29, 0.717) is 38.3 Å². The number of halogens is 3. The van der Waals surface area contributed by atoms with Crippen molar-refractivity contribution in [3.8, 4) is 0 Å². The van der Waals surface area contributed by atoms with Gasteiger partial charge in [0.2, 0.25) is 0 Å². The third-order valence-electron chi connectivity index (χ3n) is 6.63. The van der Waals surface area contributed by atoms with E-state index in [1.54, 1.807) is 18.1 Å². The zero-order chi connectivity index (χ0) is 25.9. The Morgan fingerprint density at radius 3 is 2.61 bits per heavy atom. The quantitative estimate of drug-likeness (QED) is 0.489. The zero-order valence-corrected chi connectivity index (χ0v) is 20.3. The molecule has 2 aromatic carbocycles. The first-order valence-corrected chi connectivity index (χ1v) is 11.9. The minimum absolute atomic E-state index is 0.0548. The minimum atomic E-state index is -4.48. The molecule has 3 aromatic rings. The fourth-order valence-electron chi connectivity index (χ4n) is 4.58. The number of ether oxygens (including phenoxy) is 1. The lowest BCUT2D eigenvalue weighted by Gasteiger charge is -2.32. The average Bonchev–Trinajstić information content (AvgIpc) is 3.27. The monoisotopic (exact) mass is 502 g/mol. The lowest BCUT2D eigenvalue weighted by molar-refractivity contribution is -0.137. The number of nitrogens with one attached hydrogen (secondary N) is 1. The summed E-state index contributed by atoms with van der Waals surface area (Å²) in [5.41, 5.74) is 1.49. The van der Waals surface area contributed by atoms with Crippen LogP contribution in [0.1, 0.15) is 44.7 Å². The number of nitrogens with zero attached hydrogens (tertiary/aromatic N) is 3. The van der Waals surface area contributed by atoms with Gasteiger partial charge < -0.3 is 15.0 Å². The number of hydrogen-bond acceptors (Lipinski definition) is 4. The van der Waals surface area contributed by atoms with E-state index in [9.17, 15) is 22.8 Å².